The summed E-state index contributed by atoms with van der Waals surface area (Å²) < 4.78 is 28.7. The Morgan fingerprint density at radius 3 is 2.44 bits per heavy atom. The minimum Gasteiger partial charge on any atom is -0.434 e. The second-order valence-corrected chi connectivity index (χ2v) is 3.31. The van der Waals surface area contributed by atoms with Crippen molar-refractivity contribution >= 4 is 10.8 Å². The third-order valence-corrected chi connectivity index (χ3v) is 2.36. The number of alkyl halides is 2. The molecule has 0 unspecified atom stereocenters. The summed E-state index contributed by atoms with van der Waals surface area (Å²) in [6, 6.07) is 10.0. The van der Waals surface area contributed by atoms with Gasteiger partial charge in [-0.1, -0.05) is 30.3 Å². The Morgan fingerprint density at radius 2 is 1.75 bits per heavy atom. The molecule has 0 atom stereocenters. The van der Waals surface area contributed by atoms with E-state index in [9.17, 15) is 8.78 Å². The number of fused-ring (bicyclic) bond motifs is 1. The molecular formula is C12H10F2O2. The molecule has 0 bridgehead atoms. The largest absolute Gasteiger partial charge is 0.434 e. The maximum atomic E-state index is 12.2. The van der Waals surface area contributed by atoms with E-state index in [-0.39, 0.29) is 12.4 Å². The number of hydrogen-bond acceptors (Lipinski definition) is 2. The Labute approximate surface area is 91.1 Å². The van der Waals surface area contributed by atoms with Crippen LogP contribution in [0, 0.1) is 0 Å². The van der Waals surface area contributed by atoms with Crippen molar-refractivity contribution in [3.8, 4) is 5.75 Å². The maximum Gasteiger partial charge on any atom is 0.387 e. The first-order chi connectivity index (χ1) is 7.72. The van der Waals surface area contributed by atoms with Crippen LogP contribution in [0.1, 0.15) is 5.56 Å². The fourth-order valence-corrected chi connectivity index (χ4v) is 1.68. The molecule has 2 rings (SSSR count). The highest BCUT2D eigenvalue weighted by molar-refractivity contribution is 5.90. The third kappa shape index (κ3) is 1.97. The van der Waals surface area contributed by atoms with Crippen LogP contribution in [-0.4, -0.2) is 11.7 Å². The van der Waals surface area contributed by atoms with Gasteiger partial charge in [-0.15, -0.1) is 0 Å². The van der Waals surface area contributed by atoms with Crippen LogP contribution in [0.15, 0.2) is 36.4 Å². The first-order valence-corrected chi connectivity index (χ1v) is 4.78. The molecule has 2 aromatic carbocycles. The van der Waals surface area contributed by atoms with Gasteiger partial charge in [-0.2, -0.15) is 8.78 Å². The maximum absolute atomic E-state index is 12.2. The number of ether oxygens (including phenoxy) is 1. The lowest BCUT2D eigenvalue weighted by atomic mass is 10.0. The molecular weight excluding hydrogens is 214 g/mol. The lowest BCUT2D eigenvalue weighted by Gasteiger charge is -2.09. The van der Waals surface area contributed by atoms with Gasteiger partial charge in [0.1, 0.15) is 5.75 Å². The molecule has 4 heteroatoms. The number of hydrogen-bond donors (Lipinski definition) is 1. The minimum absolute atomic E-state index is 0.128. The van der Waals surface area contributed by atoms with Crippen molar-refractivity contribution in [2.24, 2.45) is 0 Å². The third-order valence-electron chi connectivity index (χ3n) is 2.36. The van der Waals surface area contributed by atoms with Gasteiger partial charge >= 0.3 is 6.61 Å². The number of halogens is 2. The Balaban J connectivity index is 2.59. The first-order valence-electron chi connectivity index (χ1n) is 4.78. The van der Waals surface area contributed by atoms with Gasteiger partial charge in [0.15, 0.2) is 0 Å². The second-order valence-electron chi connectivity index (χ2n) is 3.31. The van der Waals surface area contributed by atoms with Crippen LogP contribution in [0.4, 0.5) is 8.78 Å². The van der Waals surface area contributed by atoms with Gasteiger partial charge < -0.3 is 9.84 Å². The Morgan fingerprint density at radius 1 is 1.06 bits per heavy atom. The molecule has 0 amide bonds. The molecule has 0 radical (unpaired) electrons. The average Bonchev–Trinajstić information content (AvgIpc) is 2.28. The molecule has 0 saturated carbocycles. The molecule has 0 aliphatic heterocycles. The van der Waals surface area contributed by atoms with Gasteiger partial charge in [0.2, 0.25) is 0 Å². The molecule has 1 N–H and O–H groups in total. The van der Waals surface area contributed by atoms with E-state index < -0.39 is 6.61 Å². The molecule has 84 valence electrons. The van der Waals surface area contributed by atoms with Crippen LogP contribution in [0.25, 0.3) is 10.8 Å². The fourth-order valence-electron chi connectivity index (χ4n) is 1.68. The summed E-state index contributed by atoms with van der Waals surface area (Å²) in [4.78, 5) is 0. The van der Waals surface area contributed by atoms with Gasteiger partial charge in [0.25, 0.3) is 0 Å². The van der Waals surface area contributed by atoms with Gasteiger partial charge in [-0.3, -0.25) is 0 Å². The summed E-state index contributed by atoms with van der Waals surface area (Å²) in [6.07, 6.45) is 0. The SMILES string of the molecule is OCc1cccc2c(OC(F)F)cccc12. The molecule has 0 aliphatic rings. The Kier molecular flexibility index (Phi) is 3.01. The topological polar surface area (TPSA) is 29.5 Å². The zero-order chi connectivity index (χ0) is 11.5. The monoisotopic (exact) mass is 224 g/mol. The lowest BCUT2D eigenvalue weighted by Crippen LogP contribution is -2.02. The van der Waals surface area contributed by atoms with Gasteiger partial charge in [-0.25, -0.2) is 0 Å². The van der Waals surface area contributed by atoms with Gasteiger partial charge in [-0.05, 0) is 17.0 Å². The number of benzene rings is 2. The van der Waals surface area contributed by atoms with Crippen LogP contribution >= 0.6 is 0 Å². The van der Waals surface area contributed by atoms with Crippen molar-refractivity contribution in [3.63, 3.8) is 0 Å². The Bertz CT molecular complexity index is 497. The normalized spacial score (nSPS) is 11.0. The summed E-state index contributed by atoms with van der Waals surface area (Å²) in [5.41, 5.74) is 0.692. The van der Waals surface area contributed by atoms with E-state index in [1.165, 1.54) is 6.07 Å². The number of aliphatic hydroxyl groups excluding tert-OH is 1. The first kappa shape index (κ1) is 10.8. The van der Waals surface area contributed by atoms with Crippen molar-refractivity contribution < 1.29 is 18.6 Å². The highest BCUT2D eigenvalue weighted by atomic mass is 19.3. The average molecular weight is 224 g/mol. The van der Waals surface area contributed by atoms with Crippen molar-refractivity contribution in [2.45, 2.75) is 13.2 Å². The van der Waals surface area contributed by atoms with Gasteiger partial charge in [0.05, 0.1) is 6.61 Å². The van der Waals surface area contributed by atoms with E-state index in [0.717, 1.165) is 5.39 Å². The molecule has 0 aromatic heterocycles. The summed E-state index contributed by atoms with van der Waals surface area (Å²) in [5.74, 6) is 0.128. The van der Waals surface area contributed by atoms with E-state index in [0.29, 0.717) is 10.9 Å². The quantitative estimate of drug-likeness (QED) is 0.868. The minimum atomic E-state index is -2.84. The number of aliphatic hydroxyl groups is 1. The Hall–Kier alpha value is -1.68. The summed E-state index contributed by atoms with van der Waals surface area (Å²) in [5, 5.41) is 10.4. The molecule has 16 heavy (non-hydrogen) atoms. The van der Waals surface area contributed by atoms with Crippen LogP contribution in [0.5, 0.6) is 5.75 Å². The molecule has 0 saturated heterocycles. The van der Waals surface area contributed by atoms with Crippen molar-refractivity contribution in [1.29, 1.82) is 0 Å². The summed E-state index contributed by atoms with van der Waals surface area (Å²) in [6.45, 7) is -2.97. The van der Waals surface area contributed by atoms with Gasteiger partial charge in [0, 0.05) is 5.39 Å². The standard InChI is InChI=1S/C12H10F2O2/c13-12(14)16-11-6-2-4-9-8(7-15)3-1-5-10(9)11/h1-6,12,15H,7H2. The predicted octanol–water partition coefficient (Wildman–Crippen LogP) is 2.93. The van der Waals surface area contributed by atoms with Crippen molar-refractivity contribution in [3.05, 3.63) is 42.0 Å². The van der Waals surface area contributed by atoms with E-state index in [1.807, 2.05) is 0 Å². The molecule has 0 fully saturated rings. The van der Waals surface area contributed by atoms with E-state index in [1.54, 1.807) is 30.3 Å². The fraction of sp³-hybridized carbons (Fsp3) is 0.167. The predicted molar refractivity (Wildman–Crippen MR) is 56.5 cm³/mol. The lowest BCUT2D eigenvalue weighted by molar-refractivity contribution is -0.0487. The van der Waals surface area contributed by atoms with Crippen LogP contribution in [-0.2, 0) is 6.61 Å². The smallest absolute Gasteiger partial charge is 0.387 e. The molecule has 0 aliphatic carbocycles. The van der Waals surface area contributed by atoms with Crippen molar-refractivity contribution in [2.75, 3.05) is 0 Å². The highest BCUT2D eigenvalue weighted by Crippen LogP contribution is 2.29. The summed E-state index contributed by atoms with van der Waals surface area (Å²) >= 11 is 0. The molecule has 0 heterocycles. The summed E-state index contributed by atoms with van der Waals surface area (Å²) in [7, 11) is 0. The second kappa shape index (κ2) is 4.45. The van der Waals surface area contributed by atoms with E-state index >= 15 is 0 Å². The van der Waals surface area contributed by atoms with E-state index in [4.69, 9.17) is 5.11 Å². The molecule has 2 aromatic rings. The van der Waals surface area contributed by atoms with E-state index in [2.05, 4.69) is 4.74 Å². The van der Waals surface area contributed by atoms with Crippen LogP contribution in [0.2, 0.25) is 0 Å². The molecule has 2 nitrogen and oxygen atoms in total. The highest BCUT2D eigenvalue weighted by Gasteiger charge is 2.09. The molecule has 0 spiro atoms. The van der Waals surface area contributed by atoms with Crippen molar-refractivity contribution in [1.82, 2.24) is 0 Å². The van der Waals surface area contributed by atoms with Crippen LogP contribution < -0.4 is 4.74 Å². The zero-order valence-corrected chi connectivity index (χ0v) is 8.36. The zero-order valence-electron chi connectivity index (χ0n) is 8.36. The number of rotatable bonds is 3. The van der Waals surface area contributed by atoms with Crippen LogP contribution in [0.3, 0.4) is 0 Å².